The fourth-order valence-electron chi connectivity index (χ4n) is 1.42. The molecule has 0 bridgehead atoms. The molecule has 1 nitrogen and oxygen atoms in total. The van der Waals surface area contributed by atoms with E-state index in [1.165, 1.54) is 25.8 Å². The van der Waals surface area contributed by atoms with Crippen LogP contribution in [0.4, 0.5) is 0 Å². The molecule has 1 aliphatic rings. The van der Waals surface area contributed by atoms with Crippen molar-refractivity contribution in [3.05, 3.63) is 0 Å². The van der Waals surface area contributed by atoms with Crippen molar-refractivity contribution in [2.24, 2.45) is 0 Å². The van der Waals surface area contributed by atoms with E-state index in [1.54, 1.807) is 0 Å². The summed E-state index contributed by atoms with van der Waals surface area (Å²) in [4.78, 5) is 0. The van der Waals surface area contributed by atoms with Gasteiger partial charge in [-0.1, -0.05) is 0 Å². The largest absolute Gasteiger partial charge is 0.307 e. The molecule has 2 heteroatoms. The lowest BCUT2D eigenvalue weighted by Crippen LogP contribution is -2.37. The molecule has 1 unspecified atom stereocenters. The lowest BCUT2D eigenvalue weighted by molar-refractivity contribution is 0.488. The third-order valence-corrected chi connectivity index (χ3v) is 4.23. The zero-order valence-corrected chi connectivity index (χ0v) is 8.13. The van der Waals surface area contributed by atoms with E-state index in [9.17, 15) is 0 Å². The van der Waals surface area contributed by atoms with Gasteiger partial charge in [0.15, 0.2) is 0 Å². The first-order valence-electron chi connectivity index (χ1n) is 4.01. The molecule has 1 saturated heterocycles. The standard InChI is InChI=1S/C8H19NS/c1-10(2,3)8-6-4-5-7-9-8/h8-9H,4-7H2,1-3H3. The van der Waals surface area contributed by atoms with Gasteiger partial charge in [-0.05, 0) is 44.6 Å². The number of rotatable bonds is 1. The molecule has 0 saturated carbocycles. The van der Waals surface area contributed by atoms with E-state index in [0.717, 1.165) is 5.37 Å². The maximum atomic E-state index is 3.60. The van der Waals surface area contributed by atoms with E-state index in [2.05, 4.69) is 24.1 Å². The Hall–Kier alpha value is 0.310. The van der Waals surface area contributed by atoms with Crippen LogP contribution < -0.4 is 5.32 Å². The quantitative estimate of drug-likeness (QED) is 0.618. The predicted octanol–water partition coefficient (Wildman–Crippen LogP) is 1.78. The smallest absolute Gasteiger partial charge is 0.0370 e. The van der Waals surface area contributed by atoms with Crippen molar-refractivity contribution in [3.8, 4) is 0 Å². The molecule has 0 radical (unpaired) electrons. The van der Waals surface area contributed by atoms with Crippen molar-refractivity contribution in [1.29, 1.82) is 0 Å². The molecule has 1 N–H and O–H groups in total. The highest BCUT2D eigenvalue weighted by Gasteiger charge is 2.20. The molecule has 0 amide bonds. The van der Waals surface area contributed by atoms with Gasteiger partial charge in [-0.25, -0.2) is 10.0 Å². The highest BCUT2D eigenvalue weighted by atomic mass is 32.3. The third kappa shape index (κ3) is 2.17. The number of nitrogens with one attached hydrogen (secondary N) is 1. The molecular formula is C8H19NS. The fraction of sp³-hybridized carbons (Fsp3) is 1.00. The molecule has 0 spiro atoms. The number of piperidine rings is 1. The third-order valence-electron chi connectivity index (χ3n) is 2.12. The molecule has 0 aromatic carbocycles. The minimum absolute atomic E-state index is 0.337. The van der Waals surface area contributed by atoms with E-state index in [0.29, 0.717) is 0 Å². The van der Waals surface area contributed by atoms with Crippen LogP contribution in [0.25, 0.3) is 0 Å². The summed E-state index contributed by atoms with van der Waals surface area (Å²) in [5, 5.41) is 4.43. The average Bonchev–Trinajstić information content (AvgIpc) is 1.88. The fourth-order valence-corrected chi connectivity index (χ4v) is 2.92. The number of hydrogen-bond acceptors (Lipinski definition) is 1. The second kappa shape index (κ2) is 3.14. The van der Waals surface area contributed by atoms with Crippen molar-refractivity contribution in [2.45, 2.75) is 24.6 Å². The Kier molecular flexibility index (Phi) is 2.64. The van der Waals surface area contributed by atoms with Gasteiger partial charge in [-0.2, -0.15) is 0 Å². The summed E-state index contributed by atoms with van der Waals surface area (Å²) in [6.07, 6.45) is 11.4. The van der Waals surface area contributed by atoms with E-state index in [4.69, 9.17) is 0 Å². The summed E-state index contributed by atoms with van der Waals surface area (Å²) < 4.78 is 0. The van der Waals surface area contributed by atoms with Crippen LogP contribution in [-0.4, -0.2) is 30.7 Å². The van der Waals surface area contributed by atoms with Gasteiger partial charge in [0.25, 0.3) is 0 Å². The lowest BCUT2D eigenvalue weighted by atomic mass is 10.2. The minimum atomic E-state index is -0.337. The Balaban J connectivity index is 2.39. The van der Waals surface area contributed by atoms with Gasteiger partial charge in [0.05, 0.1) is 0 Å². The van der Waals surface area contributed by atoms with Crippen LogP contribution in [0.3, 0.4) is 0 Å². The maximum absolute atomic E-state index is 3.60. The van der Waals surface area contributed by atoms with Gasteiger partial charge >= 0.3 is 0 Å². The Labute approximate surface area is 65.9 Å². The second-order valence-corrected chi connectivity index (χ2v) is 8.30. The van der Waals surface area contributed by atoms with Crippen LogP contribution in [0.15, 0.2) is 0 Å². The van der Waals surface area contributed by atoms with Gasteiger partial charge in [0, 0.05) is 5.37 Å². The second-order valence-electron chi connectivity index (χ2n) is 3.87. The SMILES string of the molecule is CS(C)(C)C1CCCCN1. The average molecular weight is 161 g/mol. The Bertz CT molecular complexity index is 100. The van der Waals surface area contributed by atoms with Crippen LogP contribution in [0.1, 0.15) is 19.3 Å². The summed E-state index contributed by atoms with van der Waals surface area (Å²) in [6.45, 7) is 1.24. The first-order chi connectivity index (χ1) is 4.61. The van der Waals surface area contributed by atoms with E-state index < -0.39 is 0 Å². The highest BCUT2D eigenvalue weighted by Crippen LogP contribution is 2.42. The normalized spacial score (nSPS) is 30.1. The lowest BCUT2D eigenvalue weighted by Gasteiger charge is -2.39. The van der Waals surface area contributed by atoms with Crippen LogP contribution in [0, 0.1) is 0 Å². The summed E-state index contributed by atoms with van der Waals surface area (Å²) in [6, 6.07) is 0. The highest BCUT2D eigenvalue weighted by molar-refractivity contribution is 8.32. The van der Waals surface area contributed by atoms with Gasteiger partial charge < -0.3 is 5.32 Å². The zero-order chi connectivity index (χ0) is 7.61. The van der Waals surface area contributed by atoms with E-state index in [1.807, 2.05) is 0 Å². The molecule has 1 fully saturated rings. The number of hydrogen-bond donors (Lipinski definition) is 1. The molecule has 0 aliphatic carbocycles. The zero-order valence-electron chi connectivity index (χ0n) is 7.31. The monoisotopic (exact) mass is 161 g/mol. The van der Waals surface area contributed by atoms with Crippen molar-refractivity contribution < 1.29 is 0 Å². The maximum Gasteiger partial charge on any atom is 0.0370 e. The molecule has 62 valence electrons. The van der Waals surface area contributed by atoms with Gasteiger partial charge in [0.2, 0.25) is 0 Å². The van der Waals surface area contributed by atoms with E-state index in [-0.39, 0.29) is 10.0 Å². The minimum Gasteiger partial charge on any atom is -0.307 e. The molecule has 1 atom stereocenters. The van der Waals surface area contributed by atoms with Crippen LogP contribution >= 0.6 is 10.0 Å². The van der Waals surface area contributed by atoms with Crippen molar-refractivity contribution in [1.82, 2.24) is 5.32 Å². The van der Waals surface area contributed by atoms with Crippen LogP contribution in [0.2, 0.25) is 0 Å². The molecule has 1 heterocycles. The van der Waals surface area contributed by atoms with Gasteiger partial charge in [0.1, 0.15) is 0 Å². The first-order valence-corrected chi connectivity index (χ1v) is 6.93. The van der Waals surface area contributed by atoms with Gasteiger partial charge in [-0.3, -0.25) is 0 Å². The Morgan fingerprint density at radius 3 is 2.20 bits per heavy atom. The summed E-state index contributed by atoms with van der Waals surface area (Å²) >= 11 is 0. The van der Waals surface area contributed by atoms with Crippen LogP contribution in [-0.2, 0) is 0 Å². The summed E-state index contributed by atoms with van der Waals surface area (Å²) in [7, 11) is -0.337. The molecular weight excluding hydrogens is 142 g/mol. The Morgan fingerprint density at radius 1 is 1.20 bits per heavy atom. The Morgan fingerprint density at radius 2 is 1.90 bits per heavy atom. The molecule has 1 rings (SSSR count). The van der Waals surface area contributed by atoms with Crippen molar-refractivity contribution in [3.63, 3.8) is 0 Å². The van der Waals surface area contributed by atoms with Crippen molar-refractivity contribution in [2.75, 3.05) is 25.3 Å². The first kappa shape index (κ1) is 8.41. The molecule has 0 aromatic heterocycles. The van der Waals surface area contributed by atoms with Gasteiger partial charge in [-0.15, -0.1) is 0 Å². The molecule has 1 aliphatic heterocycles. The van der Waals surface area contributed by atoms with Crippen LogP contribution in [0.5, 0.6) is 0 Å². The van der Waals surface area contributed by atoms with E-state index >= 15 is 0 Å². The summed E-state index contributed by atoms with van der Waals surface area (Å²) in [5.74, 6) is 0. The summed E-state index contributed by atoms with van der Waals surface area (Å²) in [5.41, 5.74) is 0. The molecule has 0 aromatic rings. The molecule has 10 heavy (non-hydrogen) atoms. The van der Waals surface area contributed by atoms with Crippen molar-refractivity contribution >= 4 is 10.0 Å². The topological polar surface area (TPSA) is 12.0 Å². The predicted molar refractivity (Wildman–Crippen MR) is 51.0 cm³/mol.